The first kappa shape index (κ1) is 22.9. The number of hydrogen-bond donors (Lipinski definition) is 0. The van der Waals surface area contributed by atoms with Gasteiger partial charge < -0.3 is 23.4 Å². The quantitative estimate of drug-likeness (QED) is 0.269. The van der Waals surface area contributed by atoms with Gasteiger partial charge in [-0.05, 0) is 72.6 Å². The van der Waals surface area contributed by atoms with E-state index in [9.17, 15) is 9.59 Å². The fourth-order valence-corrected chi connectivity index (χ4v) is 3.75. The van der Waals surface area contributed by atoms with Gasteiger partial charge in [-0.2, -0.15) is 0 Å². The van der Waals surface area contributed by atoms with E-state index < -0.39 is 5.63 Å². The van der Waals surface area contributed by atoms with Gasteiger partial charge in [0.15, 0.2) is 23.9 Å². The molecule has 0 spiro atoms. The van der Waals surface area contributed by atoms with Crippen molar-refractivity contribution >= 4 is 16.8 Å². The van der Waals surface area contributed by atoms with Crippen LogP contribution in [0.15, 0.2) is 69.9 Å². The summed E-state index contributed by atoms with van der Waals surface area (Å²) in [4.78, 5) is 25.3. The number of methoxy groups -OCH3 is 3. The van der Waals surface area contributed by atoms with Crippen LogP contribution in [0.25, 0.3) is 22.1 Å². The Morgan fingerprint density at radius 2 is 1.53 bits per heavy atom. The van der Waals surface area contributed by atoms with Crippen LogP contribution >= 0.6 is 0 Å². The van der Waals surface area contributed by atoms with Gasteiger partial charge in [0, 0.05) is 10.9 Å². The molecule has 0 amide bonds. The molecule has 0 bridgehead atoms. The van der Waals surface area contributed by atoms with E-state index in [4.69, 9.17) is 23.4 Å². The van der Waals surface area contributed by atoms with Gasteiger partial charge in [-0.25, -0.2) is 4.79 Å². The molecule has 34 heavy (non-hydrogen) atoms. The third-order valence-corrected chi connectivity index (χ3v) is 5.59. The number of ether oxygens (including phenoxy) is 4. The van der Waals surface area contributed by atoms with Gasteiger partial charge >= 0.3 is 5.63 Å². The Hall–Kier alpha value is -4.26. The predicted octanol–water partition coefficient (Wildman–Crippen LogP) is 5.06. The lowest BCUT2D eigenvalue weighted by Gasteiger charge is -2.12. The summed E-state index contributed by atoms with van der Waals surface area (Å²) in [5.41, 5.74) is 2.29. The molecular weight excluding hydrogens is 436 g/mol. The molecule has 1 aromatic heterocycles. The minimum Gasteiger partial charge on any atom is -0.497 e. The zero-order valence-corrected chi connectivity index (χ0v) is 19.3. The molecule has 7 heteroatoms. The number of carbonyl (C=O) groups excluding carboxylic acids is 1. The Kier molecular flexibility index (Phi) is 6.54. The summed E-state index contributed by atoms with van der Waals surface area (Å²) in [6.45, 7) is 1.72. The van der Waals surface area contributed by atoms with Crippen LogP contribution in [0.1, 0.15) is 15.9 Å². The van der Waals surface area contributed by atoms with E-state index in [0.29, 0.717) is 50.7 Å². The second kappa shape index (κ2) is 9.70. The Bertz CT molecular complexity index is 1400. The number of aryl methyl sites for hydroxylation is 1. The van der Waals surface area contributed by atoms with Gasteiger partial charge in [0.25, 0.3) is 0 Å². The molecule has 3 aromatic carbocycles. The summed E-state index contributed by atoms with van der Waals surface area (Å²) >= 11 is 0. The fourth-order valence-electron chi connectivity index (χ4n) is 3.75. The molecule has 0 N–H and O–H groups in total. The van der Waals surface area contributed by atoms with E-state index in [2.05, 4.69) is 0 Å². The normalized spacial score (nSPS) is 10.7. The molecule has 0 atom stereocenters. The van der Waals surface area contributed by atoms with E-state index >= 15 is 0 Å². The van der Waals surface area contributed by atoms with Crippen molar-refractivity contribution in [2.45, 2.75) is 6.92 Å². The van der Waals surface area contributed by atoms with E-state index in [0.717, 1.165) is 5.56 Å². The van der Waals surface area contributed by atoms with Crippen LogP contribution in [-0.4, -0.2) is 33.7 Å². The average Bonchev–Trinajstić information content (AvgIpc) is 2.87. The first-order valence-electron chi connectivity index (χ1n) is 10.5. The summed E-state index contributed by atoms with van der Waals surface area (Å²) < 4.78 is 27.1. The van der Waals surface area contributed by atoms with Crippen molar-refractivity contribution in [3.8, 4) is 34.1 Å². The van der Waals surface area contributed by atoms with Crippen LogP contribution < -0.4 is 24.6 Å². The van der Waals surface area contributed by atoms with Gasteiger partial charge in [0.05, 0.1) is 26.9 Å². The minimum atomic E-state index is -0.458. The molecule has 0 aliphatic carbocycles. The zero-order chi connectivity index (χ0) is 24.2. The van der Waals surface area contributed by atoms with Gasteiger partial charge in [-0.15, -0.1) is 0 Å². The molecule has 0 saturated heterocycles. The van der Waals surface area contributed by atoms with Gasteiger partial charge in [-0.1, -0.05) is 6.07 Å². The molecule has 0 saturated carbocycles. The number of Topliss-reactive ketones (excluding diaryl/α,β-unsaturated/α-hetero) is 1. The van der Waals surface area contributed by atoms with Crippen LogP contribution in [0.3, 0.4) is 0 Å². The van der Waals surface area contributed by atoms with E-state index in [1.807, 2.05) is 6.92 Å². The number of fused-ring (bicyclic) bond motifs is 1. The maximum absolute atomic E-state index is 12.8. The van der Waals surface area contributed by atoms with Crippen LogP contribution in [0.5, 0.6) is 23.0 Å². The van der Waals surface area contributed by atoms with Crippen molar-refractivity contribution in [2.24, 2.45) is 0 Å². The summed E-state index contributed by atoms with van der Waals surface area (Å²) in [5, 5.41) is 0.707. The number of benzene rings is 3. The summed E-state index contributed by atoms with van der Waals surface area (Å²) in [5.74, 6) is 2.07. The number of carbonyl (C=O) groups is 1. The SMILES string of the molecule is COc1ccc(C(=O)COc2ccc3oc(=O)c(-c4ccc(OC)c(OC)c4)c(C)c3c2)cc1. The number of ketones is 1. The third kappa shape index (κ3) is 4.45. The molecule has 4 rings (SSSR count). The van der Waals surface area contributed by atoms with E-state index in [1.165, 1.54) is 7.11 Å². The van der Waals surface area contributed by atoms with Crippen LogP contribution in [0.2, 0.25) is 0 Å². The Morgan fingerprint density at radius 3 is 2.21 bits per heavy atom. The molecule has 0 unspecified atom stereocenters. The number of hydrogen-bond acceptors (Lipinski definition) is 7. The first-order chi connectivity index (χ1) is 16.4. The summed E-state index contributed by atoms with van der Waals surface area (Å²) in [6.07, 6.45) is 0. The number of rotatable bonds is 8. The van der Waals surface area contributed by atoms with Gasteiger partial charge in [0.1, 0.15) is 17.1 Å². The van der Waals surface area contributed by atoms with Crippen LogP contribution in [0, 0.1) is 6.92 Å². The molecule has 0 fully saturated rings. The lowest BCUT2D eigenvalue weighted by Crippen LogP contribution is -2.11. The smallest absolute Gasteiger partial charge is 0.344 e. The molecule has 4 aromatic rings. The molecule has 0 aliphatic heterocycles. The lowest BCUT2D eigenvalue weighted by molar-refractivity contribution is 0.0921. The second-order valence-electron chi connectivity index (χ2n) is 7.56. The van der Waals surface area contributed by atoms with E-state index in [-0.39, 0.29) is 12.4 Å². The zero-order valence-electron chi connectivity index (χ0n) is 19.3. The van der Waals surface area contributed by atoms with Crippen molar-refractivity contribution in [2.75, 3.05) is 27.9 Å². The molecule has 7 nitrogen and oxygen atoms in total. The highest BCUT2D eigenvalue weighted by atomic mass is 16.5. The average molecular weight is 460 g/mol. The van der Waals surface area contributed by atoms with Crippen molar-refractivity contribution in [1.82, 2.24) is 0 Å². The molecule has 174 valence electrons. The molecule has 1 heterocycles. The topological polar surface area (TPSA) is 84.2 Å². The van der Waals surface area contributed by atoms with Crippen molar-refractivity contribution in [3.05, 3.63) is 82.2 Å². The Labute approximate surface area is 196 Å². The second-order valence-corrected chi connectivity index (χ2v) is 7.56. The maximum Gasteiger partial charge on any atom is 0.344 e. The molecular formula is C27H24O7. The lowest BCUT2D eigenvalue weighted by atomic mass is 9.99. The third-order valence-electron chi connectivity index (χ3n) is 5.59. The first-order valence-corrected chi connectivity index (χ1v) is 10.5. The monoisotopic (exact) mass is 460 g/mol. The predicted molar refractivity (Wildman–Crippen MR) is 129 cm³/mol. The van der Waals surface area contributed by atoms with Crippen LogP contribution in [-0.2, 0) is 0 Å². The van der Waals surface area contributed by atoms with Crippen molar-refractivity contribution in [1.29, 1.82) is 0 Å². The van der Waals surface area contributed by atoms with Gasteiger partial charge in [-0.3, -0.25) is 4.79 Å². The highest BCUT2D eigenvalue weighted by Gasteiger charge is 2.16. The Balaban J connectivity index is 1.64. The van der Waals surface area contributed by atoms with E-state index in [1.54, 1.807) is 74.9 Å². The summed E-state index contributed by atoms with van der Waals surface area (Å²) in [6, 6.07) is 17.2. The summed E-state index contributed by atoms with van der Waals surface area (Å²) in [7, 11) is 4.66. The molecule has 0 aliphatic rings. The standard InChI is InChI=1S/C27H24O7/c1-16-21-14-20(33-15-22(28)17-5-8-19(30-2)9-6-17)10-12-23(21)34-27(29)26(16)18-7-11-24(31-3)25(13-18)32-4/h5-14H,15H2,1-4H3. The Morgan fingerprint density at radius 1 is 0.824 bits per heavy atom. The highest BCUT2D eigenvalue weighted by Crippen LogP contribution is 2.34. The molecule has 0 radical (unpaired) electrons. The highest BCUT2D eigenvalue weighted by molar-refractivity contribution is 5.97. The largest absolute Gasteiger partial charge is 0.497 e. The van der Waals surface area contributed by atoms with Gasteiger partial charge in [0.2, 0.25) is 0 Å². The van der Waals surface area contributed by atoms with Crippen molar-refractivity contribution in [3.63, 3.8) is 0 Å². The van der Waals surface area contributed by atoms with Crippen molar-refractivity contribution < 1.29 is 28.2 Å². The van der Waals surface area contributed by atoms with Crippen LogP contribution in [0.4, 0.5) is 0 Å². The minimum absolute atomic E-state index is 0.129. The fraction of sp³-hybridized carbons (Fsp3) is 0.185. The maximum atomic E-state index is 12.8.